The maximum atomic E-state index is 10.3. The fourth-order valence-corrected chi connectivity index (χ4v) is 2.31. The van der Waals surface area contributed by atoms with Crippen LogP contribution in [0.1, 0.15) is 46.5 Å². The molecule has 0 saturated carbocycles. The van der Waals surface area contributed by atoms with Crippen LogP contribution in [-0.2, 0) is 4.74 Å². The van der Waals surface area contributed by atoms with Gasteiger partial charge >= 0.3 is 0 Å². The number of nitrogens with zero attached hydrogens (tertiary/aromatic N) is 1. The van der Waals surface area contributed by atoms with Crippen LogP contribution in [-0.4, -0.2) is 48.0 Å². The third kappa shape index (κ3) is 4.04. The van der Waals surface area contributed by atoms with Crippen molar-refractivity contribution in [3.8, 4) is 0 Å². The first-order valence-electron chi connectivity index (χ1n) is 6.70. The number of β-amino-alcohol motifs (C(OH)–C–C–N with tert-alkyl or cyclic N) is 1. The standard InChI is InChI=1S/C13H27NO2/c1-4-7-12-10-14(8-9-16-12)11-13(15,5-2)6-3/h12,15H,4-11H2,1-3H3. The van der Waals surface area contributed by atoms with Gasteiger partial charge in [0.05, 0.1) is 18.3 Å². The molecule has 1 saturated heterocycles. The van der Waals surface area contributed by atoms with Gasteiger partial charge in [-0.05, 0) is 19.3 Å². The van der Waals surface area contributed by atoms with Crippen molar-refractivity contribution in [2.45, 2.75) is 58.2 Å². The summed E-state index contributed by atoms with van der Waals surface area (Å²) >= 11 is 0. The fraction of sp³-hybridized carbons (Fsp3) is 1.00. The molecule has 0 bridgehead atoms. The van der Waals surface area contributed by atoms with Crippen molar-refractivity contribution in [2.75, 3.05) is 26.2 Å². The molecule has 0 aromatic heterocycles. The van der Waals surface area contributed by atoms with Crippen molar-refractivity contribution in [3.05, 3.63) is 0 Å². The van der Waals surface area contributed by atoms with Crippen molar-refractivity contribution in [1.82, 2.24) is 4.90 Å². The van der Waals surface area contributed by atoms with E-state index in [0.717, 1.165) is 45.5 Å². The lowest BCUT2D eigenvalue weighted by Gasteiger charge is -2.38. The van der Waals surface area contributed by atoms with Crippen LogP contribution < -0.4 is 0 Å². The summed E-state index contributed by atoms with van der Waals surface area (Å²) in [5.74, 6) is 0. The first-order valence-corrected chi connectivity index (χ1v) is 6.70. The molecular formula is C13H27NO2. The Balaban J connectivity index is 2.41. The number of ether oxygens (including phenoxy) is 1. The maximum Gasteiger partial charge on any atom is 0.0768 e. The molecule has 1 atom stereocenters. The molecule has 0 aromatic rings. The van der Waals surface area contributed by atoms with E-state index in [4.69, 9.17) is 4.74 Å². The molecule has 3 nitrogen and oxygen atoms in total. The largest absolute Gasteiger partial charge is 0.389 e. The van der Waals surface area contributed by atoms with Gasteiger partial charge in [-0.2, -0.15) is 0 Å². The molecule has 0 amide bonds. The molecule has 1 fully saturated rings. The van der Waals surface area contributed by atoms with Crippen LogP contribution in [0.4, 0.5) is 0 Å². The van der Waals surface area contributed by atoms with Crippen molar-refractivity contribution in [3.63, 3.8) is 0 Å². The summed E-state index contributed by atoms with van der Waals surface area (Å²) in [6.45, 7) is 9.87. The Labute approximate surface area is 99.8 Å². The third-order valence-electron chi connectivity index (χ3n) is 3.67. The van der Waals surface area contributed by atoms with Gasteiger partial charge in [-0.1, -0.05) is 27.2 Å². The topological polar surface area (TPSA) is 32.7 Å². The van der Waals surface area contributed by atoms with Gasteiger partial charge in [-0.15, -0.1) is 0 Å². The smallest absolute Gasteiger partial charge is 0.0768 e. The highest BCUT2D eigenvalue weighted by Crippen LogP contribution is 2.19. The molecule has 1 heterocycles. The van der Waals surface area contributed by atoms with Crippen LogP contribution >= 0.6 is 0 Å². The highest BCUT2D eigenvalue weighted by molar-refractivity contribution is 4.82. The summed E-state index contributed by atoms with van der Waals surface area (Å²) in [4.78, 5) is 2.36. The Hall–Kier alpha value is -0.120. The van der Waals surface area contributed by atoms with Gasteiger partial charge in [0.2, 0.25) is 0 Å². The average Bonchev–Trinajstić information content (AvgIpc) is 2.30. The Kier molecular flexibility index (Phi) is 5.73. The van der Waals surface area contributed by atoms with Crippen molar-refractivity contribution in [1.29, 1.82) is 0 Å². The van der Waals surface area contributed by atoms with E-state index >= 15 is 0 Å². The Morgan fingerprint density at radius 1 is 1.31 bits per heavy atom. The van der Waals surface area contributed by atoms with Crippen molar-refractivity contribution in [2.24, 2.45) is 0 Å². The quantitative estimate of drug-likeness (QED) is 0.756. The Bertz CT molecular complexity index is 190. The van der Waals surface area contributed by atoms with E-state index in [-0.39, 0.29) is 0 Å². The molecular weight excluding hydrogens is 202 g/mol. The molecule has 16 heavy (non-hydrogen) atoms. The molecule has 96 valence electrons. The van der Waals surface area contributed by atoms with Crippen molar-refractivity contribution < 1.29 is 9.84 Å². The second kappa shape index (κ2) is 6.58. The summed E-state index contributed by atoms with van der Waals surface area (Å²) in [5, 5.41) is 10.3. The number of rotatable bonds is 6. The monoisotopic (exact) mass is 229 g/mol. The lowest BCUT2D eigenvalue weighted by atomic mass is 9.96. The molecule has 1 aliphatic heterocycles. The zero-order chi connectivity index (χ0) is 12.0. The second-order valence-corrected chi connectivity index (χ2v) is 4.95. The summed E-state index contributed by atoms with van der Waals surface area (Å²) in [6.07, 6.45) is 4.34. The van der Waals surface area contributed by atoms with Gasteiger partial charge in [0.15, 0.2) is 0 Å². The highest BCUT2D eigenvalue weighted by atomic mass is 16.5. The lowest BCUT2D eigenvalue weighted by Crippen LogP contribution is -2.49. The van der Waals surface area contributed by atoms with Crippen LogP contribution in [0.3, 0.4) is 0 Å². The number of morpholine rings is 1. The van der Waals surface area contributed by atoms with E-state index in [1.165, 1.54) is 6.42 Å². The number of hydrogen-bond donors (Lipinski definition) is 1. The highest BCUT2D eigenvalue weighted by Gasteiger charge is 2.28. The van der Waals surface area contributed by atoms with E-state index in [9.17, 15) is 5.11 Å². The Morgan fingerprint density at radius 2 is 2.00 bits per heavy atom. The van der Waals surface area contributed by atoms with Gasteiger partial charge in [-0.3, -0.25) is 4.90 Å². The number of aliphatic hydroxyl groups is 1. The van der Waals surface area contributed by atoms with E-state index in [2.05, 4.69) is 25.7 Å². The van der Waals surface area contributed by atoms with E-state index in [0.29, 0.717) is 6.10 Å². The molecule has 0 radical (unpaired) electrons. The molecule has 1 aliphatic rings. The summed E-state index contributed by atoms with van der Waals surface area (Å²) in [6, 6.07) is 0. The van der Waals surface area contributed by atoms with Gasteiger partial charge in [-0.25, -0.2) is 0 Å². The van der Waals surface area contributed by atoms with E-state index in [1.807, 2.05) is 0 Å². The minimum atomic E-state index is -0.506. The normalized spacial score (nSPS) is 23.6. The number of hydrogen-bond acceptors (Lipinski definition) is 3. The average molecular weight is 229 g/mol. The minimum absolute atomic E-state index is 0.372. The maximum absolute atomic E-state index is 10.3. The van der Waals surface area contributed by atoms with Crippen molar-refractivity contribution >= 4 is 0 Å². The molecule has 1 rings (SSSR count). The van der Waals surface area contributed by atoms with E-state index < -0.39 is 5.60 Å². The molecule has 1 N–H and O–H groups in total. The van der Waals surface area contributed by atoms with Crippen LogP contribution in [0.15, 0.2) is 0 Å². The summed E-state index contributed by atoms with van der Waals surface area (Å²) in [7, 11) is 0. The first-order chi connectivity index (χ1) is 7.63. The van der Waals surface area contributed by atoms with Gasteiger partial charge in [0, 0.05) is 19.6 Å². The lowest BCUT2D eigenvalue weighted by molar-refractivity contribution is -0.0688. The summed E-state index contributed by atoms with van der Waals surface area (Å²) in [5.41, 5.74) is -0.506. The predicted octanol–water partition coefficient (Wildman–Crippen LogP) is 2.04. The van der Waals surface area contributed by atoms with Crippen LogP contribution in [0.5, 0.6) is 0 Å². The van der Waals surface area contributed by atoms with Crippen LogP contribution in [0.25, 0.3) is 0 Å². The van der Waals surface area contributed by atoms with Gasteiger partial charge in [0.25, 0.3) is 0 Å². The fourth-order valence-electron chi connectivity index (χ4n) is 2.31. The molecule has 0 aromatic carbocycles. The molecule has 0 aliphatic carbocycles. The zero-order valence-corrected chi connectivity index (χ0v) is 11.0. The van der Waals surface area contributed by atoms with Gasteiger partial charge < -0.3 is 9.84 Å². The molecule has 1 unspecified atom stereocenters. The minimum Gasteiger partial charge on any atom is -0.389 e. The zero-order valence-electron chi connectivity index (χ0n) is 11.0. The van der Waals surface area contributed by atoms with Crippen LogP contribution in [0.2, 0.25) is 0 Å². The first kappa shape index (κ1) is 13.9. The second-order valence-electron chi connectivity index (χ2n) is 4.95. The third-order valence-corrected chi connectivity index (χ3v) is 3.67. The van der Waals surface area contributed by atoms with Crippen LogP contribution in [0, 0.1) is 0 Å². The summed E-state index contributed by atoms with van der Waals surface area (Å²) < 4.78 is 5.71. The molecule has 0 spiro atoms. The SMILES string of the molecule is CCCC1CN(CC(O)(CC)CC)CCO1. The van der Waals surface area contributed by atoms with E-state index in [1.54, 1.807) is 0 Å². The molecule has 3 heteroatoms. The Morgan fingerprint density at radius 3 is 2.56 bits per heavy atom. The predicted molar refractivity (Wildman–Crippen MR) is 66.6 cm³/mol. The van der Waals surface area contributed by atoms with Gasteiger partial charge in [0.1, 0.15) is 0 Å².